The molecule has 0 radical (unpaired) electrons. The van der Waals surface area contributed by atoms with Gasteiger partial charge in [-0.2, -0.15) is 0 Å². The van der Waals surface area contributed by atoms with Crippen molar-refractivity contribution in [3.8, 4) is 11.5 Å². The Morgan fingerprint density at radius 2 is 2.18 bits per heavy atom. The van der Waals surface area contributed by atoms with E-state index in [-0.39, 0.29) is 5.69 Å². The van der Waals surface area contributed by atoms with E-state index in [0.717, 1.165) is 5.03 Å². The normalized spacial score (nSPS) is 12.2. The second-order valence-electron chi connectivity index (χ2n) is 3.37. The summed E-state index contributed by atoms with van der Waals surface area (Å²) in [7, 11) is 0. The molecule has 84 valence electrons. The number of fused-ring (bicyclic) bond motifs is 2. The maximum absolute atomic E-state index is 10.9. The van der Waals surface area contributed by atoms with E-state index in [1.54, 1.807) is 30.5 Å². The van der Waals surface area contributed by atoms with Gasteiger partial charge in [0.15, 0.2) is 5.75 Å². The third-order valence-electron chi connectivity index (χ3n) is 2.31. The standard InChI is InChI=1S/C11H6N2O3S/c14-13(15)7-3-1-5-9-10(7)16-8-4-2-6-12-11(8)17-9/h1-6H. The van der Waals surface area contributed by atoms with Crippen LogP contribution >= 0.6 is 11.8 Å². The van der Waals surface area contributed by atoms with Gasteiger partial charge in [-0.05, 0) is 18.2 Å². The molecule has 6 heteroatoms. The monoisotopic (exact) mass is 246 g/mol. The summed E-state index contributed by atoms with van der Waals surface area (Å²) in [6.45, 7) is 0. The highest BCUT2D eigenvalue weighted by Gasteiger charge is 2.26. The highest BCUT2D eigenvalue weighted by atomic mass is 32.2. The van der Waals surface area contributed by atoms with Gasteiger partial charge in [-0.3, -0.25) is 10.1 Å². The summed E-state index contributed by atoms with van der Waals surface area (Å²) in [4.78, 5) is 15.3. The molecule has 0 aliphatic carbocycles. The van der Waals surface area contributed by atoms with Gasteiger partial charge in [0.05, 0.1) is 9.82 Å². The third kappa shape index (κ3) is 1.62. The molecule has 5 nitrogen and oxygen atoms in total. The van der Waals surface area contributed by atoms with Crippen LogP contribution in [0.2, 0.25) is 0 Å². The van der Waals surface area contributed by atoms with Gasteiger partial charge in [0.2, 0.25) is 5.75 Å². The first-order valence-corrected chi connectivity index (χ1v) is 5.65. The largest absolute Gasteiger partial charge is 0.446 e. The van der Waals surface area contributed by atoms with Gasteiger partial charge in [-0.25, -0.2) is 4.98 Å². The van der Waals surface area contributed by atoms with Crippen LogP contribution in [0.4, 0.5) is 5.69 Å². The van der Waals surface area contributed by atoms with Crippen LogP contribution in [0.15, 0.2) is 46.5 Å². The van der Waals surface area contributed by atoms with E-state index in [1.807, 2.05) is 0 Å². The zero-order chi connectivity index (χ0) is 11.8. The fraction of sp³-hybridized carbons (Fsp3) is 0. The molecule has 0 atom stereocenters. The van der Waals surface area contributed by atoms with Crippen molar-refractivity contribution in [3.63, 3.8) is 0 Å². The van der Waals surface area contributed by atoms with Crippen molar-refractivity contribution in [2.75, 3.05) is 0 Å². The number of rotatable bonds is 1. The molecule has 2 heterocycles. The highest BCUT2D eigenvalue weighted by Crippen LogP contribution is 2.49. The molecule has 0 unspecified atom stereocenters. The maximum atomic E-state index is 10.9. The average molecular weight is 246 g/mol. The van der Waals surface area contributed by atoms with E-state index in [2.05, 4.69) is 4.98 Å². The molecule has 0 N–H and O–H groups in total. The van der Waals surface area contributed by atoms with Crippen LogP contribution in [-0.2, 0) is 0 Å². The van der Waals surface area contributed by atoms with Crippen molar-refractivity contribution in [3.05, 3.63) is 46.6 Å². The Morgan fingerprint density at radius 1 is 1.29 bits per heavy atom. The molecule has 0 saturated heterocycles. The summed E-state index contributed by atoms with van der Waals surface area (Å²) >= 11 is 1.37. The number of aromatic nitrogens is 1. The molecule has 0 saturated carbocycles. The second-order valence-corrected chi connectivity index (χ2v) is 4.40. The Hall–Kier alpha value is -2.08. The summed E-state index contributed by atoms with van der Waals surface area (Å²) < 4.78 is 5.54. The van der Waals surface area contributed by atoms with Crippen molar-refractivity contribution >= 4 is 17.4 Å². The molecule has 2 aromatic rings. The van der Waals surface area contributed by atoms with Crippen LogP contribution in [0.5, 0.6) is 11.5 Å². The van der Waals surface area contributed by atoms with Gasteiger partial charge < -0.3 is 4.74 Å². The highest BCUT2D eigenvalue weighted by molar-refractivity contribution is 7.99. The topological polar surface area (TPSA) is 65.3 Å². The lowest BCUT2D eigenvalue weighted by Crippen LogP contribution is -2.00. The Kier molecular flexibility index (Phi) is 2.22. The van der Waals surface area contributed by atoms with Crippen LogP contribution in [0, 0.1) is 10.1 Å². The number of ether oxygens (including phenoxy) is 1. The Labute approximate surface area is 101 Å². The minimum Gasteiger partial charge on any atom is -0.446 e. The summed E-state index contributed by atoms with van der Waals surface area (Å²) in [5.74, 6) is 0.849. The van der Waals surface area contributed by atoms with Crippen molar-refractivity contribution in [1.82, 2.24) is 4.98 Å². The Bertz CT molecular complexity index is 615. The fourth-order valence-corrected chi connectivity index (χ4v) is 2.49. The molecule has 1 aliphatic rings. The first kappa shape index (κ1) is 10.1. The molecule has 1 aromatic carbocycles. The minimum atomic E-state index is -0.444. The van der Waals surface area contributed by atoms with Crippen LogP contribution in [-0.4, -0.2) is 9.91 Å². The van der Waals surface area contributed by atoms with Gasteiger partial charge in [0.25, 0.3) is 0 Å². The number of hydrogen-bond acceptors (Lipinski definition) is 5. The number of para-hydroxylation sites is 1. The number of pyridine rings is 1. The number of nitro benzene ring substituents is 1. The molecule has 0 amide bonds. The van der Waals surface area contributed by atoms with Gasteiger partial charge >= 0.3 is 5.69 Å². The summed E-state index contributed by atoms with van der Waals surface area (Å²) in [5, 5.41) is 11.6. The lowest BCUT2D eigenvalue weighted by molar-refractivity contribution is -0.385. The van der Waals surface area contributed by atoms with Crippen LogP contribution in [0.1, 0.15) is 0 Å². The fourth-order valence-electron chi connectivity index (χ4n) is 1.58. The predicted molar refractivity (Wildman–Crippen MR) is 61.5 cm³/mol. The van der Waals surface area contributed by atoms with Gasteiger partial charge in [0, 0.05) is 12.3 Å². The van der Waals surface area contributed by atoms with Gasteiger partial charge in [0.1, 0.15) is 5.03 Å². The van der Waals surface area contributed by atoms with Gasteiger partial charge in [-0.15, -0.1) is 0 Å². The second kappa shape index (κ2) is 3.74. The zero-order valence-corrected chi connectivity index (χ0v) is 9.31. The quantitative estimate of drug-likeness (QED) is 0.487. The smallest absolute Gasteiger partial charge is 0.312 e. The molecule has 0 spiro atoms. The molecule has 0 fully saturated rings. The first-order valence-electron chi connectivity index (χ1n) is 4.84. The van der Waals surface area contributed by atoms with Crippen molar-refractivity contribution in [1.29, 1.82) is 0 Å². The molecule has 1 aliphatic heterocycles. The molecular formula is C11H6N2O3S. The van der Waals surface area contributed by atoms with Gasteiger partial charge in [-0.1, -0.05) is 17.8 Å². The third-order valence-corrected chi connectivity index (χ3v) is 3.35. The number of hydrogen-bond donors (Lipinski definition) is 0. The van der Waals surface area contributed by atoms with E-state index < -0.39 is 4.92 Å². The molecule has 17 heavy (non-hydrogen) atoms. The minimum absolute atomic E-state index is 0.0236. The molecule has 3 rings (SSSR count). The lowest BCUT2D eigenvalue weighted by atomic mass is 10.3. The van der Waals surface area contributed by atoms with Crippen molar-refractivity contribution in [2.45, 2.75) is 9.92 Å². The number of nitro groups is 1. The van der Waals surface area contributed by atoms with Crippen LogP contribution in [0.3, 0.4) is 0 Å². The van der Waals surface area contributed by atoms with E-state index >= 15 is 0 Å². The molecule has 0 bridgehead atoms. The number of benzene rings is 1. The van der Waals surface area contributed by atoms with E-state index in [0.29, 0.717) is 16.4 Å². The van der Waals surface area contributed by atoms with Crippen LogP contribution < -0.4 is 4.74 Å². The zero-order valence-electron chi connectivity index (χ0n) is 8.49. The maximum Gasteiger partial charge on any atom is 0.312 e. The lowest BCUT2D eigenvalue weighted by Gasteiger charge is -2.17. The Balaban J connectivity index is 2.15. The Morgan fingerprint density at radius 3 is 3.00 bits per heavy atom. The average Bonchev–Trinajstić information content (AvgIpc) is 2.35. The summed E-state index contributed by atoms with van der Waals surface area (Å²) in [6.07, 6.45) is 1.66. The van der Waals surface area contributed by atoms with E-state index in [9.17, 15) is 10.1 Å². The predicted octanol–water partition coefficient (Wildman–Crippen LogP) is 3.25. The first-order chi connectivity index (χ1) is 8.25. The van der Waals surface area contributed by atoms with E-state index in [4.69, 9.17) is 4.74 Å². The van der Waals surface area contributed by atoms with Crippen molar-refractivity contribution < 1.29 is 9.66 Å². The van der Waals surface area contributed by atoms with Crippen molar-refractivity contribution in [2.24, 2.45) is 0 Å². The summed E-state index contributed by atoms with van der Waals surface area (Å²) in [6, 6.07) is 8.33. The molecule has 1 aromatic heterocycles. The number of nitrogens with zero attached hydrogens (tertiary/aromatic N) is 2. The summed E-state index contributed by atoms with van der Waals surface area (Å²) in [5.41, 5.74) is -0.0236. The SMILES string of the molecule is O=[N+]([O-])c1cccc2c1Oc1cccnc1S2. The van der Waals surface area contributed by atoms with Crippen LogP contribution in [0.25, 0.3) is 0 Å². The van der Waals surface area contributed by atoms with E-state index in [1.165, 1.54) is 17.8 Å². The molecular weight excluding hydrogens is 240 g/mol.